The monoisotopic (exact) mass is 288 g/mol. The van der Waals surface area contributed by atoms with E-state index in [1.165, 1.54) is 0 Å². The van der Waals surface area contributed by atoms with E-state index in [4.69, 9.17) is 14.9 Å². The average molecular weight is 288 g/mol. The minimum Gasteiger partial charge on any atom is -0.476 e. The Hall–Kier alpha value is -1.53. The molecule has 0 spiro atoms. The highest BCUT2D eigenvalue weighted by Gasteiger charge is 2.47. The summed E-state index contributed by atoms with van der Waals surface area (Å²) in [5, 5.41) is 18.2. The van der Waals surface area contributed by atoms with Crippen LogP contribution in [0.5, 0.6) is 5.75 Å². The van der Waals surface area contributed by atoms with Gasteiger partial charge in [-0.25, -0.2) is 0 Å². The van der Waals surface area contributed by atoms with Crippen LogP contribution in [-0.2, 0) is 0 Å². The minimum atomic E-state index is -4.71. The maximum atomic E-state index is 12.9. The van der Waals surface area contributed by atoms with Gasteiger partial charge in [0, 0.05) is 11.1 Å². The number of benzene rings is 1. The molecule has 0 fully saturated rings. The Morgan fingerprint density at radius 2 is 1.85 bits per heavy atom. The van der Waals surface area contributed by atoms with E-state index in [1.54, 1.807) is 18.2 Å². The maximum absolute atomic E-state index is 12.9. The number of fused-ring (bicyclic) bond motifs is 1. The molecule has 0 saturated heterocycles. The van der Waals surface area contributed by atoms with Crippen molar-refractivity contribution < 1.29 is 28.1 Å². The van der Waals surface area contributed by atoms with Gasteiger partial charge in [0.05, 0.1) is 0 Å². The van der Waals surface area contributed by atoms with Gasteiger partial charge in [-0.2, -0.15) is 13.2 Å². The normalized spacial score (nSPS) is 18.9. The Bertz CT molecular complexity index is 533. The second kappa shape index (κ2) is 5.10. The molecule has 1 aromatic carbocycles. The summed E-state index contributed by atoms with van der Waals surface area (Å²) >= 11 is 0. The lowest BCUT2D eigenvalue weighted by Crippen LogP contribution is -2.41. The first-order valence-corrected chi connectivity index (χ1v) is 6.15. The summed E-state index contributed by atoms with van der Waals surface area (Å²) in [5.74, 6) is 0.255. The predicted molar refractivity (Wildman–Crippen MR) is 67.2 cm³/mol. The van der Waals surface area contributed by atoms with Gasteiger partial charge in [0.25, 0.3) is 0 Å². The third kappa shape index (κ3) is 2.81. The molecule has 1 aliphatic heterocycles. The zero-order chi connectivity index (χ0) is 15.1. The molecule has 0 radical (unpaired) electrons. The molecular weight excluding hydrogens is 273 g/mol. The predicted octanol–water partition coefficient (Wildman–Crippen LogP) is 2.83. The summed E-state index contributed by atoms with van der Waals surface area (Å²) in [6.45, 7) is 3.84. The summed E-state index contributed by atoms with van der Waals surface area (Å²) in [6, 6.07) is 4.94. The zero-order valence-corrected chi connectivity index (χ0v) is 11.0. The van der Waals surface area contributed by atoms with E-state index in [2.05, 4.69) is 0 Å². The van der Waals surface area contributed by atoms with Crippen LogP contribution in [0.3, 0.4) is 0 Å². The van der Waals surface area contributed by atoms with Gasteiger partial charge >= 0.3 is 6.18 Å². The lowest BCUT2D eigenvalue weighted by molar-refractivity contribution is -0.192. The summed E-state index contributed by atoms with van der Waals surface area (Å²) in [7, 11) is 0. The van der Waals surface area contributed by atoms with Crippen LogP contribution in [0.4, 0.5) is 13.2 Å². The molecule has 20 heavy (non-hydrogen) atoms. The molecule has 0 aromatic heterocycles. The summed E-state index contributed by atoms with van der Waals surface area (Å²) in [4.78, 5) is 0. The molecule has 2 N–H and O–H groups in total. The van der Waals surface area contributed by atoms with Gasteiger partial charge in [0.15, 0.2) is 6.29 Å². The van der Waals surface area contributed by atoms with Crippen LogP contribution in [0.1, 0.15) is 30.9 Å². The van der Waals surface area contributed by atoms with Gasteiger partial charge in [-0.3, -0.25) is 0 Å². The lowest BCUT2D eigenvalue weighted by Gasteiger charge is -2.30. The van der Waals surface area contributed by atoms with E-state index in [1.807, 2.05) is 13.8 Å². The summed E-state index contributed by atoms with van der Waals surface area (Å²) in [5.41, 5.74) is 0.645. The Morgan fingerprint density at radius 1 is 1.20 bits per heavy atom. The number of rotatable bonds is 2. The number of hydrogen-bond donors (Lipinski definition) is 2. The van der Waals surface area contributed by atoms with E-state index in [-0.39, 0.29) is 11.7 Å². The Kier molecular flexibility index (Phi) is 3.80. The van der Waals surface area contributed by atoms with E-state index < -0.39 is 24.1 Å². The second-order valence-electron chi connectivity index (χ2n) is 5.01. The van der Waals surface area contributed by atoms with Crippen LogP contribution in [0.25, 0.3) is 6.08 Å². The third-order valence-electron chi connectivity index (χ3n) is 3.17. The Labute approximate surface area is 114 Å². The first kappa shape index (κ1) is 14.9. The molecule has 1 atom stereocenters. The molecule has 110 valence electrons. The Balaban J connectivity index is 2.48. The van der Waals surface area contributed by atoms with E-state index in [9.17, 15) is 13.2 Å². The fourth-order valence-corrected chi connectivity index (χ4v) is 2.05. The quantitative estimate of drug-likeness (QED) is 0.823. The van der Waals surface area contributed by atoms with Crippen LogP contribution in [0.15, 0.2) is 23.8 Å². The molecule has 1 heterocycles. The van der Waals surface area contributed by atoms with Gasteiger partial charge in [-0.05, 0) is 23.6 Å². The number of ether oxygens (including phenoxy) is 1. The van der Waals surface area contributed by atoms with Crippen molar-refractivity contribution >= 4 is 6.08 Å². The van der Waals surface area contributed by atoms with E-state index in [0.29, 0.717) is 5.56 Å². The molecular formula is C14H15F3O3. The van der Waals surface area contributed by atoms with Crippen molar-refractivity contribution in [2.24, 2.45) is 0 Å². The summed E-state index contributed by atoms with van der Waals surface area (Å²) in [6.07, 6.45) is -8.13. The first-order chi connectivity index (χ1) is 9.20. The fourth-order valence-electron chi connectivity index (χ4n) is 2.05. The number of alkyl halides is 3. The largest absolute Gasteiger partial charge is 0.476 e. The molecule has 2 rings (SSSR count). The highest BCUT2D eigenvalue weighted by molar-refractivity contribution is 5.64. The molecule has 0 saturated carbocycles. The van der Waals surface area contributed by atoms with Crippen molar-refractivity contribution in [3.8, 4) is 5.75 Å². The van der Waals surface area contributed by atoms with Crippen molar-refractivity contribution in [1.82, 2.24) is 0 Å². The lowest BCUT2D eigenvalue weighted by atomic mass is 9.96. The molecule has 0 aliphatic carbocycles. The zero-order valence-electron chi connectivity index (χ0n) is 11.0. The van der Waals surface area contributed by atoms with E-state index >= 15 is 0 Å². The van der Waals surface area contributed by atoms with E-state index in [0.717, 1.165) is 11.6 Å². The van der Waals surface area contributed by atoms with Crippen molar-refractivity contribution in [2.45, 2.75) is 38.3 Å². The van der Waals surface area contributed by atoms with Crippen LogP contribution in [-0.4, -0.2) is 28.8 Å². The number of aliphatic hydroxyl groups is 2. The molecule has 1 aliphatic rings. The van der Waals surface area contributed by atoms with Crippen molar-refractivity contribution in [2.75, 3.05) is 0 Å². The molecule has 0 bridgehead atoms. The second-order valence-corrected chi connectivity index (χ2v) is 5.01. The van der Waals surface area contributed by atoms with Crippen LogP contribution in [0, 0.1) is 0 Å². The maximum Gasteiger partial charge on any atom is 0.429 e. The Morgan fingerprint density at radius 3 is 2.35 bits per heavy atom. The number of hydrogen-bond acceptors (Lipinski definition) is 3. The fraction of sp³-hybridized carbons (Fsp3) is 0.429. The number of halogens is 3. The van der Waals surface area contributed by atoms with Gasteiger partial charge in [-0.1, -0.05) is 26.0 Å². The standard InChI is InChI=1S/C14H15F3O3/c1-7(2)8-3-4-9-5-10(13(18)19)12(14(15,16)17)20-11(9)6-8/h3-7,12-13,18-19H,1-2H3. The van der Waals surface area contributed by atoms with Crippen molar-refractivity contribution in [1.29, 1.82) is 0 Å². The topological polar surface area (TPSA) is 49.7 Å². The van der Waals surface area contributed by atoms with Crippen LogP contribution in [0.2, 0.25) is 0 Å². The van der Waals surface area contributed by atoms with Gasteiger partial charge in [0.2, 0.25) is 6.10 Å². The first-order valence-electron chi connectivity index (χ1n) is 6.15. The van der Waals surface area contributed by atoms with Gasteiger partial charge < -0.3 is 14.9 Å². The van der Waals surface area contributed by atoms with Gasteiger partial charge in [0.1, 0.15) is 5.75 Å². The third-order valence-corrected chi connectivity index (χ3v) is 3.17. The van der Waals surface area contributed by atoms with Crippen LogP contribution >= 0.6 is 0 Å². The summed E-state index contributed by atoms with van der Waals surface area (Å²) < 4.78 is 43.7. The smallest absolute Gasteiger partial charge is 0.429 e. The number of aliphatic hydroxyl groups excluding tert-OH is 1. The van der Waals surface area contributed by atoms with Crippen molar-refractivity contribution in [3.05, 3.63) is 34.9 Å². The molecule has 3 nitrogen and oxygen atoms in total. The molecule has 0 amide bonds. The molecule has 1 unspecified atom stereocenters. The van der Waals surface area contributed by atoms with Gasteiger partial charge in [-0.15, -0.1) is 0 Å². The van der Waals surface area contributed by atoms with Crippen LogP contribution < -0.4 is 4.74 Å². The average Bonchev–Trinajstić information content (AvgIpc) is 2.35. The highest BCUT2D eigenvalue weighted by atomic mass is 19.4. The minimum absolute atomic E-state index is 0.0999. The highest BCUT2D eigenvalue weighted by Crippen LogP contribution is 2.39. The molecule has 6 heteroatoms. The molecule has 1 aromatic rings. The van der Waals surface area contributed by atoms with Crippen molar-refractivity contribution in [3.63, 3.8) is 0 Å². The SMILES string of the molecule is CC(C)c1ccc2c(c1)OC(C(F)(F)F)C(C(O)O)=C2.